The highest BCUT2D eigenvalue weighted by molar-refractivity contribution is 9.11. The summed E-state index contributed by atoms with van der Waals surface area (Å²) in [6.07, 6.45) is 13.9. The van der Waals surface area contributed by atoms with Crippen molar-refractivity contribution in [2.75, 3.05) is 33.3 Å². The Kier molecular flexibility index (Phi) is 10.3. The van der Waals surface area contributed by atoms with Crippen LogP contribution in [0.5, 0.6) is 0 Å². The first kappa shape index (κ1) is 24.7. The second kappa shape index (κ2) is 13.0. The molecule has 0 heterocycles. The molecule has 8 heteroatoms. The first-order valence-electron chi connectivity index (χ1n) is 10.4. The largest absolute Gasteiger partial charge is 0.500 e. The molecule has 0 aromatic carbocycles. The van der Waals surface area contributed by atoms with E-state index in [2.05, 4.69) is 50.6 Å². The number of rotatable bonds is 9. The van der Waals surface area contributed by atoms with Crippen LogP contribution in [0.3, 0.4) is 0 Å². The molecular formula is C23H31BrN4O3. The topological polar surface area (TPSA) is 82.7 Å². The molecule has 2 rings (SSSR count). The van der Waals surface area contributed by atoms with Gasteiger partial charge in [0.25, 0.3) is 5.91 Å². The van der Waals surface area contributed by atoms with E-state index < -0.39 is 0 Å². The van der Waals surface area contributed by atoms with E-state index in [-0.39, 0.29) is 11.9 Å². The fourth-order valence-electron chi connectivity index (χ4n) is 3.08. The average molecular weight is 491 g/mol. The molecule has 0 atom stereocenters. The maximum atomic E-state index is 12.7. The van der Waals surface area contributed by atoms with E-state index in [4.69, 9.17) is 4.74 Å². The molecule has 0 spiro atoms. The highest BCUT2D eigenvalue weighted by atomic mass is 79.9. The molecule has 0 saturated carbocycles. The van der Waals surface area contributed by atoms with Gasteiger partial charge in [-0.05, 0) is 54.4 Å². The quantitative estimate of drug-likeness (QED) is 0.460. The standard InChI is InChI=1S/C23H31BrN4O3/c1-4-28(5-2)16-15-25-22(29)20-13-11-19(12-14-21(20)31-3)27-23(30)26-18-8-6-7-17(24)9-10-18/h6,8-13H,4-5,7,14-16H2,1-3H3,(H,25,29)(H2,26,27,30). The number of hydrogen-bond acceptors (Lipinski definition) is 4. The molecule has 0 fully saturated rings. The maximum absolute atomic E-state index is 12.7. The van der Waals surface area contributed by atoms with Gasteiger partial charge in [0.15, 0.2) is 0 Å². The molecule has 3 N–H and O–H groups in total. The van der Waals surface area contributed by atoms with Crippen LogP contribution in [0.1, 0.15) is 26.7 Å². The van der Waals surface area contributed by atoms with E-state index in [0.717, 1.165) is 30.5 Å². The second-order valence-corrected chi connectivity index (χ2v) is 7.96. The van der Waals surface area contributed by atoms with Gasteiger partial charge in [-0.1, -0.05) is 41.9 Å². The minimum Gasteiger partial charge on any atom is -0.500 e. The molecule has 0 saturated heterocycles. The summed E-state index contributed by atoms with van der Waals surface area (Å²) in [4.78, 5) is 27.3. The Balaban J connectivity index is 1.95. The molecule has 31 heavy (non-hydrogen) atoms. The van der Waals surface area contributed by atoms with Crippen molar-refractivity contribution >= 4 is 27.9 Å². The summed E-state index contributed by atoms with van der Waals surface area (Å²) in [7, 11) is 1.54. The highest BCUT2D eigenvalue weighted by Crippen LogP contribution is 2.18. The van der Waals surface area contributed by atoms with Crippen LogP contribution in [0.25, 0.3) is 0 Å². The van der Waals surface area contributed by atoms with E-state index in [1.54, 1.807) is 19.3 Å². The summed E-state index contributed by atoms with van der Waals surface area (Å²) in [6.45, 7) is 7.43. The lowest BCUT2D eigenvalue weighted by molar-refractivity contribution is -0.117. The fraction of sp³-hybridized carbons (Fsp3) is 0.391. The Morgan fingerprint density at radius 1 is 1.06 bits per heavy atom. The van der Waals surface area contributed by atoms with E-state index in [9.17, 15) is 9.59 Å². The van der Waals surface area contributed by atoms with Crippen LogP contribution >= 0.6 is 15.9 Å². The van der Waals surface area contributed by atoms with Crippen molar-refractivity contribution < 1.29 is 14.3 Å². The van der Waals surface area contributed by atoms with Gasteiger partial charge in [-0.2, -0.15) is 0 Å². The Hall–Kier alpha value is -2.58. The number of methoxy groups -OCH3 is 1. The zero-order valence-electron chi connectivity index (χ0n) is 18.3. The molecule has 3 amide bonds. The minimum atomic E-state index is -0.357. The van der Waals surface area contributed by atoms with E-state index in [1.807, 2.05) is 30.4 Å². The predicted octanol–water partition coefficient (Wildman–Crippen LogP) is 3.61. The average Bonchev–Trinajstić information content (AvgIpc) is 3.09. The number of likely N-dealkylation sites (N-methyl/N-ethyl adjacent to an activating group) is 1. The number of halogens is 1. The molecule has 0 aliphatic heterocycles. The number of hydrogen-bond donors (Lipinski definition) is 3. The monoisotopic (exact) mass is 490 g/mol. The third-order valence-electron chi connectivity index (χ3n) is 4.91. The lowest BCUT2D eigenvalue weighted by Gasteiger charge is -2.18. The zero-order chi connectivity index (χ0) is 22.6. The first-order valence-corrected chi connectivity index (χ1v) is 11.2. The Morgan fingerprint density at radius 2 is 1.81 bits per heavy atom. The second-order valence-electron chi connectivity index (χ2n) is 6.94. The molecule has 7 nitrogen and oxygen atoms in total. The number of carbonyl (C=O) groups is 2. The van der Waals surface area contributed by atoms with Crippen molar-refractivity contribution in [3.05, 3.63) is 69.7 Å². The SMILES string of the molecule is CCN(CC)CCNC(=O)C1=C(OC)CC=C(NC(=O)NC2=CC=C(Br)CC=C2)C=C1. The van der Waals surface area contributed by atoms with E-state index >= 15 is 0 Å². The van der Waals surface area contributed by atoms with Gasteiger partial charge in [0.1, 0.15) is 5.76 Å². The van der Waals surface area contributed by atoms with Crippen molar-refractivity contribution in [3.8, 4) is 0 Å². The van der Waals surface area contributed by atoms with Crippen LogP contribution in [0.15, 0.2) is 69.7 Å². The molecular weight excluding hydrogens is 460 g/mol. The molecule has 168 valence electrons. The molecule has 0 aromatic rings. The van der Waals surface area contributed by atoms with Crippen molar-refractivity contribution in [1.29, 1.82) is 0 Å². The van der Waals surface area contributed by atoms with Gasteiger partial charge in [-0.25, -0.2) is 4.79 Å². The minimum absolute atomic E-state index is 0.189. The van der Waals surface area contributed by atoms with Crippen LogP contribution in [0.2, 0.25) is 0 Å². The predicted molar refractivity (Wildman–Crippen MR) is 127 cm³/mol. The zero-order valence-corrected chi connectivity index (χ0v) is 19.9. The number of amides is 3. The van der Waals surface area contributed by atoms with Gasteiger partial charge in [0, 0.05) is 30.9 Å². The van der Waals surface area contributed by atoms with Gasteiger partial charge in [-0.3, -0.25) is 4.79 Å². The normalized spacial score (nSPS) is 16.1. The van der Waals surface area contributed by atoms with Crippen molar-refractivity contribution in [2.24, 2.45) is 0 Å². The fourth-order valence-corrected chi connectivity index (χ4v) is 3.40. The van der Waals surface area contributed by atoms with Crippen molar-refractivity contribution in [1.82, 2.24) is 20.9 Å². The molecule has 0 aromatic heterocycles. The van der Waals surface area contributed by atoms with Gasteiger partial charge in [0.2, 0.25) is 0 Å². The third kappa shape index (κ3) is 8.22. The van der Waals surface area contributed by atoms with Gasteiger partial charge in [-0.15, -0.1) is 0 Å². The Bertz CT molecular complexity index is 849. The summed E-state index contributed by atoms with van der Waals surface area (Å²) in [5, 5.41) is 8.57. The van der Waals surface area contributed by atoms with Crippen LogP contribution in [0.4, 0.5) is 4.79 Å². The number of allylic oxidation sites excluding steroid dienone is 7. The smallest absolute Gasteiger partial charge is 0.323 e. The Labute approximate surface area is 192 Å². The lowest BCUT2D eigenvalue weighted by Crippen LogP contribution is -2.35. The number of carbonyl (C=O) groups excluding carboxylic acids is 2. The lowest BCUT2D eigenvalue weighted by atomic mass is 10.1. The number of nitrogens with zero attached hydrogens (tertiary/aromatic N) is 1. The number of ether oxygens (including phenoxy) is 1. The van der Waals surface area contributed by atoms with Crippen LogP contribution in [-0.4, -0.2) is 50.1 Å². The van der Waals surface area contributed by atoms with Gasteiger partial charge < -0.3 is 25.6 Å². The van der Waals surface area contributed by atoms with Gasteiger partial charge >= 0.3 is 6.03 Å². The maximum Gasteiger partial charge on any atom is 0.323 e. The van der Waals surface area contributed by atoms with Crippen LogP contribution < -0.4 is 16.0 Å². The molecule has 0 unspecified atom stereocenters. The third-order valence-corrected chi connectivity index (χ3v) is 5.49. The Morgan fingerprint density at radius 3 is 2.52 bits per heavy atom. The number of nitrogens with one attached hydrogen (secondary N) is 3. The van der Waals surface area contributed by atoms with Crippen LogP contribution in [-0.2, 0) is 9.53 Å². The summed E-state index contributed by atoms with van der Waals surface area (Å²) >= 11 is 3.45. The summed E-state index contributed by atoms with van der Waals surface area (Å²) in [6, 6.07) is -0.357. The number of urea groups is 1. The summed E-state index contributed by atoms with van der Waals surface area (Å²) in [5.74, 6) is 0.365. The molecule has 2 aliphatic carbocycles. The van der Waals surface area contributed by atoms with Gasteiger partial charge in [0.05, 0.1) is 12.7 Å². The first-order chi connectivity index (χ1) is 15.0. The molecule has 2 aliphatic rings. The molecule has 0 bridgehead atoms. The van der Waals surface area contributed by atoms with E-state index in [0.29, 0.717) is 35.7 Å². The summed E-state index contributed by atoms with van der Waals surface area (Å²) < 4.78 is 6.47. The van der Waals surface area contributed by atoms with Crippen LogP contribution in [0, 0.1) is 0 Å². The summed E-state index contributed by atoms with van der Waals surface area (Å²) in [5.41, 5.74) is 1.74. The van der Waals surface area contributed by atoms with Crippen molar-refractivity contribution in [3.63, 3.8) is 0 Å². The van der Waals surface area contributed by atoms with Crippen molar-refractivity contribution in [2.45, 2.75) is 26.7 Å². The highest BCUT2D eigenvalue weighted by Gasteiger charge is 2.16. The molecule has 0 radical (unpaired) electrons. The van der Waals surface area contributed by atoms with E-state index in [1.165, 1.54) is 0 Å².